The van der Waals surface area contributed by atoms with Gasteiger partial charge < -0.3 is 29.7 Å². The molecule has 58 heavy (non-hydrogen) atoms. The molecular weight excluding hydrogens is 759 g/mol. The number of rotatable bonds is 41. The fourth-order valence-corrected chi connectivity index (χ4v) is 6.49. The monoisotopic (exact) mass is 841 g/mol. The van der Waals surface area contributed by atoms with Crippen LogP contribution in [0, 0.1) is 0 Å². The van der Waals surface area contributed by atoms with Gasteiger partial charge in [-0.25, -0.2) is 4.57 Å². The Kier molecular flexibility index (Phi) is 39.7. The lowest BCUT2D eigenvalue weighted by Gasteiger charge is -2.20. The molecule has 0 aliphatic rings. The number of phosphoric acid groups is 1. The van der Waals surface area contributed by atoms with Gasteiger partial charge in [-0.1, -0.05) is 132 Å². The van der Waals surface area contributed by atoms with Gasteiger partial charge >= 0.3 is 19.8 Å². The zero-order chi connectivity index (χ0) is 42.8. The number of ether oxygens (including phenoxy) is 2. The zero-order valence-electron chi connectivity index (χ0n) is 36.1. The van der Waals surface area contributed by atoms with Crippen LogP contribution in [0.25, 0.3) is 0 Å². The van der Waals surface area contributed by atoms with Gasteiger partial charge in [0.15, 0.2) is 6.10 Å². The summed E-state index contributed by atoms with van der Waals surface area (Å²) in [4.78, 5) is 35.0. The molecule has 0 aliphatic heterocycles. The molecule has 0 radical (unpaired) electrons. The van der Waals surface area contributed by atoms with Gasteiger partial charge in [-0.05, 0) is 90.4 Å². The topological polar surface area (TPSA) is 169 Å². The van der Waals surface area contributed by atoms with E-state index in [4.69, 9.17) is 19.1 Å². The van der Waals surface area contributed by atoms with Crippen LogP contribution in [0.4, 0.5) is 0 Å². The second-order valence-electron chi connectivity index (χ2n) is 15.0. The summed E-state index contributed by atoms with van der Waals surface area (Å²) in [6.45, 7) is 1.85. The molecule has 0 saturated carbocycles. The van der Waals surface area contributed by atoms with Crippen molar-refractivity contribution >= 4 is 19.8 Å². The molecule has 0 aromatic heterocycles. The smallest absolute Gasteiger partial charge is 0.462 e. The predicted octanol–water partition coefficient (Wildman–Crippen LogP) is 10.9. The summed E-state index contributed by atoms with van der Waals surface area (Å²) < 4.78 is 32.6. The number of aliphatic hydroxyl groups excluding tert-OH is 3. The fraction of sp³-hybridized carbons (Fsp3) is 0.739. The first-order valence-electron chi connectivity index (χ1n) is 22.3. The molecule has 4 atom stereocenters. The van der Waals surface area contributed by atoms with Crippen LogP contribution < -0.4 is 0 Å². The Bertz CT molecular complexity index is 1160. The van der Waals surface area contributed by atoms with Gasteiger partial charge in [0.05, 0.1) is 25.9 Å². The Morgan fingerprint density at radius 2 is 1.02 bits per heavy atom. The van der Waals surface area contributed by atoms with E-state index in [1.165, 1.54) is 64.2 Å². The van der Waals surface area contributed by atoms with Crippen LogP contribution in [0.1, 0.15) is 174 Å². The standard InChI is InChI=1S/C46H81O11P/c1-3-4-5-6-7-8-9-10-11-12-15-18-21-24-27-30-33-36-45(50)54-40-44(41-56-58(52,53)55-39-43(49)38-47)57-46(51)37-34-31-28-25-22-19-16-13-14-17-20-23-26-29-32-35-42(2)48/h10-11,14,16-17,19,23,25-26,28,42-44,47-49H,3-9,12-13,15,18,20-22,24,27,29-41H2,1-2H3,(H,52,53)/b11-10-,17-14-,19-16-,26-23-,28-25-/t42-,43-,44+/m0/s1. The minimum absolute atomic E-state index is 0.0936. The Labute approximate surface area is 351 Å². The highest BCUT2D eigenvalue weighted by Gasteiger charge is 2.27. The van der Waals surface area contributed by atoms with Crippen molar-refractivity contribution in [2.45, 2.75) is 193 Å². The molecule has 0 bridgehead atoms. The first-order valence-corrected chi connectivity index (χ1v) is 23.8. The zero-order valence-corrected chi connectivity index (χ0v) is 37.0. The number of carbonyl (C=O) groups excluding carboxylic acids is 2. The summed E-state index contributed by atoms with van der Waals surface area (Å²) in [7, 11) is -4.64. The number of unbranched alkanes of at least 4 members (excludes halogenated alkanes) is 15. The number of aliphatic hydroxyl groups is 3. The second kappa shape index (κ2) is 41.4. The third-order valence-electron chi connectivity index (χ3n) is 9.16. The van der Waals surface area contributed by atoms with Crippen molar-refractivity contribution in [2.75, 3.05) is 26.4 Å². The van der Waals surface area contributed by atoms with E-state index in [9.17, 15) is 29.3 Å². The third-order valence-corrected chi connectivity index (χ3v) is 10.1. The number of phosphoric ester groups is 1. The van der Waals surface area contributed by atoms with Crippen molar-refractivity contribution < 1.29 is 52.9 Å². The number of hydrogen-bond donors (Lipinski definition) is 4. The average Bonchev–Trinajstić information content (AvgIpc) is 3.20. The summed E-state index contributed by atoms with van der Waals surface area (Å²) in [5.74, 6) is -1.01. The van der Waals surface area contributed by atoms with Crippen LogP contribution in [0.3, 0.4) is 0 Å². The Morgan fingerprint density at radius 1 is 0.569 bits per heavy atom. The maximum atomic E-state index is 12.6. The van der Waals surface area contributed by atoms with Crippen LogP contribution in [0.15, 0.2) is 60.8 Å². The largest absolute Gasteiger partial charge is 0.472 e. The van der Waals surface area contributed by atoms with Crippen molar-refractivity contribution in [2.24, 2.45) is 0 Å². The SMILES string of the molecule is CCCCCCCC/C=C\CCCCCCCCCC(=O)OC[C@H](COP(=O)(O)OC[C@@H](O)CO)OC(=O)CCC/C=C\C/C=C\C/C=C\C/C=C\CCC[C@H](C)O. The lowest BCUT2D eigenvalue weighted by atomic mass is 10.1. The van der Waals surface area contributed by atoms with Crippen LogP contribution in [-0.2, 0) is 32.7 Å². The summed E-state index contributed by atoms with van der Waals surface area (Å²) in [6, 6.07) is 0. The summed E-state index contributed by atoms with van der Waals surface area (Å²) in [5, 5.41) is 27.6. The molecule has 0 spiro atoms. The highest BCUT2D eigenvalue weighted by molar-refractivity contribution is 7.47. The molecular formula is C46H81O11P. The van der Waals surface area contributed by atoms with E-state index in [2.05, 4.69) is 60.1 Å². The van der Waals surface area contributed by atoms with Gasteiger partial charge in [0.25, 0.3) is 0 Å². The quantitative estimate of drug-likeness (QED) is 0.0200. The van der Waals surface area contributed by atoms with Crippen molar-refractivity contribution in [3.8, 4) is 0 Å². The molecule has 0 saturated heterocycles. The summed E-state index contributed by atoms with van der Waals surface area (Å²) >= 11 is 0. The van der Waals surface area contributed by atoms with Gasteiger partial charge in [-0.3, -0.25) is 18.6 Å². The average molecular weight is 841 g/mol. The molecule has 4 N–H and O–H groups in total. The third kappa shape index (κ3) is 41.8. The highest BCUT2D eigenvalue weighted by Crippen LogP contribution is 2.43. The molecule has 0 aromatic rings. The number of hydrogen-bond acceptors (Lipinski definition) is 10. The highest BCUT2D eigenvalue weighted by atomic mass is 31.2. The van der Waals surface area contributed by atoms with E-state index in [1.54, 1.807) is 0 Å². The first kappa shape index (κ1) is 55.6. The Balaban J connectivity index is 4.39. The minimum Gasteiger partial charge on any atom is -0.462 e. The molecule has 0 rings (SSSR count). The maximum absolute atomic E-state index is 12.6. The van der Waals surface area contributed by atoms with E-state index in [-0.39, 0.29) is 25.6 Å². The van der Waals surface area contributed by atoms with Crippen LogP contribution in [-0.4, -0.2) is 76.9 Å². The van der Waals surface area contributed by atoms with Gasteiger partial charge in [0.2, 0.25) is 0 Å². The molecule has 0 heterocycles. The van der Waals surface area contributed by atoms with Crippen molar-refractivity contribution in [3.05, 3.63) is 60.8 Å². The Morgan fingerprint density at radius 3 is 1.57 bits per heavy atom. The van der Waals surface area contributed by atoms with E-state index in [1.807, 2.05) is 19.1 Å². The maximum Gasteiger partial charge on any atom is 0.472 e. The van der Waals surface area contributed by atoms with Crippen LogP contribution in [0.5, 0.6) is 0 Å². The van der Waals surface area contributed by atoms with Crippen LogP contribution >= 0.6 is 7.82 Å². The van der Waals surface area contributed by atoms with E-state index < -0.39 is 51.8 Å². The van der Waals surface area contributed by atoms with Gasteiger partial charge in [0, 0.05) is 12.8 Å². The van der Waals surface area contributed by atoms with Crippen molar-refractivity contribution in [3.63, 3.8) is 0 Å². The normalized spacial score (nSPS) is 14.9. The molecule has 11 nitrogen and oxygen atoms in total. The molecule has 0 aromatic carbocycles. The van der Waals surface area contributed by atoms with E-state index >= 15 is 0 Å². The fourth-order valence-electron chi connectivity index (χ4n) is 5.70. The summed E-state index contributed by atoms with van der Waals surface area (Å²) in [5.41, 5.74) is 0. The number of carbonyl (C=O) groups is 2. The molecule has 0 aliphatic carbocycles. The van der Waals surface area contributed by atoms with E-state index in [0.29, 0.717) is 19.3 Å². The first-order chi connectivity index (χ1) is 28.1. The van der Waals surface area contributed by atoms with Crippen LogP contribution in [0.2, 0.25) is 0 Å². The molecule has 0 fully saturated rings. The molecule has 336 valence electrons. The van der Waals surface area contributed by atoms with Gasteiger partial charge in [0.1, 0.15) is 12.7 Å². The number of allylic oxidation sites excluding steroid dienone is 10. The lowest BCUT2D eigenvalue weighted by molar-refractivity contribution is -0.161. The summed E-state index contributed by atoms with van der Waals surface area (Å²) in [6.07, 6.45) is 43.2. The molecule has 0 amide bonds. The number of esters is 2. The van der Waals surface area contributed by atoms with Crippen molar-refractivity contribution in [1.82, 2.24) is 0 Å². The minimum atomic E-state index is -4.64. The van der Waals surface area contributed by atoms with Gasteiger partial charge in [-0.15, -0.1) is 0 Å². The van der Waals surface area contributed by atoms with Gasteiger partial charge in [-0.2, -0.15) is 0 Å². The predicted molar refractivity (Wildman–Crippen MR) is 234 cm³/mol. The second-order valence-corrected chi connectivity index (χ2v) is 16.5. The molecule has 1 unspecified atom stereocenters. The molecule has 12 heteroatoms. The Hall–Kier alpha value is -2.37. The van der Waals surface area contributed by atoms with Crippen molar-refractivity contribution in [1.29, 1.82) is 0 Å². The lowest BCUT2D eigenvalue weighted by Crippen LogP contribution is -2.29. The van der Waals surface area contributed by atoms with E-state index in [0.717, 1.165) is 64.2 Å².